The molecule has 0 atom stereocenters. The Morgan fingerprint density at radius 3 is 2.60 bits per heavy atom. The van der Waals surface area contributed by atoms with Crippen LogP contribution in [0.4, 0.5) is 0 Å². The molecule has 25 heavy (non-hydrogen) atoms. The van der Waals surface area contributed by atoms with Crippen LogP contribution in [-0.4, -0.2) is 31.0 Å². The van der Waals surface area contributed by atoms with E-state index in [1.54, 1.807) is 24.3 Å². The Hall–Kier alpha value is -2.12. The third kappa shape index (κ3) is 6.36. The maximum absolute atomic E-state index is 11.8. The number of benzene rings is 2. The van der Waals surface area contributed by atoms with E-state index in [-0.39, 0.29) is 11.9 Å². The molecule has 0 fully saturated rings. The van der Waals surface area contributed by atoms with Gasteiger partial charge in [0.25, 0.3) is 0 Å². The van der Waals surface area contributed by atoms with Crippen molar-refractivity contribution < 1.29 is 14.3 Å². The van der Waals surface area contributed by atoms with Crippen LogP contribution < -0.4 is 5.43 Å². The van der Waals surface area contributed by atoms with Crippen LogP contribution in [0.15, 0.2) is 58.1 Å². The maximum atomic E-state index is 11.8. The zero-order valence-corrected chi connectivity index (χ0v) is 16.0. The summed E-state index contributed by atoms with van der Waals surface area (Å²) in [4.78, 5) is 23.1. The summed E-state index contributed by atoms with van der Waals surface area (Å²) in [6.45, 7) is 0. The van der Waals surface area contributed by atoms with Crippen molar-refractivity contribution in [3.05, 3.63) is 69.7 Å². The first-order valence-electron chi connectivity index (χ1n) is 7.41. The van der Waals surface area contributed by atoms with Gasteiger partial charge in [-0.1, -0.05) is 46.3 Å². The fraction of sp³-hybridized carbons (Fsp3) is 0.167. The normalized spacial score (nSPS) is 10.6. The van der Waals surface area contributed by atoms with E-state index in [9.17, 15) is 9.59 Å². The van der Waals surface area contributed by atoms with Crippen LogP contribution in [0.2, 0.25) is 0 Å². The fourth-order valence-electron chi connectivity index (χ4n) is 1.90. The predicted octanol–water partition coefficient (Wildman–Crippen LogP) is 3.62. The van der Waals surface area contributed by atoms with Gasteiger partial charge in [-0.05, 0) is 29.3 Å². The molecule has 0 bridgehead atoms. The van der Waals surface area contributed by atoms with Gasteiger partial charge in [0.1, 0.15) is 0 Å². The molecule has 2 aromatic rings. The van der Waals surface area contributed by atoms with Gasteiger partial charge in [0.2, 0.25) is 5.91 Å². The summed E-state index contributed by atoms with van der Waals surface area (Å²) in [7, 11) is 1.34. The average Bonchev–Trinajstić information content (AvgIpc) is 2.63. The summed E-state index contributed by atoms with van der Waals surface area (Å²) in [5.41, 5.74) is 4.87. The van der Waals surface area contributed by atoms with Crippen LogP contribution in [0, 0.1) is 0 Å². The summed E-state index contributed by atoms with van der Waals surface area (Å²) in [6, 6.07) is 14.7. The number of ether oxygens (including phenoxy) is 1. The first-order valence-corrected chi connectivity index (χ1v) is 9.36. The molecule has 0 saturated carbocycles. The quantitative estimate of drug-likeness (QED) is 0.421. The second-order valence-corrected chi connectivity index (χ2v) is 6.83. The Morgan fingerprint density at radius 1 is 1.20 bits per heavy atom. The van der Waals surface area contributed by atoms with Crippen LogP contribution >= 0.6 is 27.7 Å². The molecule has 1 amide bonds. The predicted molar refractivity (Wildman–Crippen MR) is 104 cm³/mol. The Labute approximate surface area is 159 Å². The molecule has 0 aromatic heterocycles. The number of amides is 1. The highest BCUT2D eigenvalue weighted by atomic mass is 79.9. The second-order valence-electron chi connectivity index (χ2n) is 4.99. The number of esters is 1. The monoisotopic (exact) mass is 420 g/mol. The highest BCUT2D eigenvalue weighted by Crippen LogP contribution is 2.21. The molecule has 2 aromatic carbocycles. The molecule has 0 aliphatic heterocycles. The third-order valence-corrected chi connectivity index (χ3v) is 4.94. The van der Waals surface area contributed by atoms with Crippen LogP contribution in [0.1, 0.15) is 21.5 Å². The number of carbonyl (C=O) groups excluding carboxylic acids is 2. The van der Waals surface area contributed by atoms with Crippen LogP contribution in [0.25, 0.3) is 0 Å². The van der Waals surface area contributed by atoms with Crippen molar-refractivity contribution in [2.24, 2.45) is 5.10 Å². The fourth-order valence-corrected chi connectivity index (χ4v) is 3.34. The van der Waals surface area contributed by atoms with Crippen LogP contribution in [0.5, 0.6) is 0 Å². The molecule has 2 rings (SSSR count). The van der Waals surface area contributed by atoms with Gasteiger partial charge in [-0.2, -0.15) is 5.10 Å². The molecule has 0 radical (unpaired) electrons. The van der Waals surface area contributed by atoms with E-state index in [0.717, 1.165) is 21.4 Å². The number of halogens is 1. The second kappa shape index (κ2) is 10.0. The topological polar surface area (TPSA) is 67.8 Å². The molecule has 130 valence electrons. The lowest BCUT2D eigenvalue weighted by Gasteiger charge is -2.03. The van der Waals surface area contributed by atoms with Gasteiger partial charge in [0.15, 0.2) is 0 Å². The van der Waals surface area contributed by atoms with Crippen molar-refractivity contribution in [2.45, 2.75) is 5.75 Å². The van der Waals surface area contributed by atoms with Gasteiger partial charge in [-0.25, -0.2) is 10.2 Å². The van der Waals surface area contributed by atoms with Crippen molar-refractivity contribution in [1.29, 1.82) is 0 Å². The molecule has 0 saturated heterocycles. The molecular formula is C18H17BrN2O3S. The standard InChI is InChI=1S/C18H17BrN2O3S/c1-24-18(23)14-8-6-13(7-9-14)10-20-21-17(22)12-25-11-15-4-2-3-5-16(15)19/h2-10H,11-12H2,1H3,(H,21,22). The number of hydrogen-bond donors (Lipinski definition) is 1. The van der Waals surface area contributed by atoms with Crippen molar-refractivity contribution in [2.75, 3.05) is 12.9 Å². The highest BCUT2D eigenvalue weighted by Gasteiger charge is 2.04. The number of nitrogens with zero attached hydrogens (tertiary/aromatic N) is 1. The number of thioether (sulfide) groups is 1. The Bertz CT molecular complexity index is 763. The molecule has 0 aliphatic carbocycles. The van der Waals surface area contributed by atoms with Crippen LogP contribution in [0.3, 0.4) is 0 Å². The molecule has 0 spiro atoms. The number of carbonyl (C=O) groups is 2. The molecule has 0 heterocycles. The summed E-state index contributed by atoms with van der Waals surface area (Å²) in [5, 5.41) is 3.92. The summed E-state index contributed by atoms with van der Waals surface area (Å²) in [6.07, 6.45) is 1.53. The zero-order chi connectivity index (χ0) is 18.1. The highest BCUT2D eigenvalue weighted by molar-refractivity contribution is 9.10. The number of hydrogen-bond acceptors (Lipinski definition) is 5. The molecule has 0 unspecified atom stereocenters. The van der Waals surface area contributed by atoms with Gasteiger partial charge in [0, 0.05) is 10.2 Å². The van der Waals surface area contributed by atoms with E-state index in [4.69, 9.17) is 0 Å². The Morgan fingerprint density at radius 2 is 1.92 bits per heavy atom. The lowest BCUT2D eigenvalue weighted by atomic mass is 10.1. The number of methoxy groups -OCH3 is 1. The summed E-state index contributed by atoms with van der Waals surface area (Å²) >= 11 is 5.00. The molecular weight excluding hydrogens is 404 g/mol. The average molecular weight is 421 g/mol. The van der Waals surface area contributed by atoms with Crippen molar-refractivity contribution in [3.63, 3.8) is 0 Å². The van der Waals surface area contributed by atoms with E-state index in [2.05, 4.69) is 31.2 Å². The maximum Gasteiger partial charge on any atom is 0.337 e. The Kier molecular flexibility index (Phi) is 7.69. The van der Waals surface area contributed by atoms with Gasteiger partial charge >= 0.3 is 5.97 Å². The minimum absolute atomic E-state index is 0.167. The number of rotatable bonds is 7. The minimum atomic E-state index is -0.390. The van der Waals surface area contributed by atoms with E-state index in [1.807, 2.05) is 24.3 Å². The lowest BCUT2D eigenvalue weighted by molar-refractivity contribution is -0.118. The first kappa shape index (κ1) is 19.2. The van der Waals surface area contributed by atoms with E-state index >= 15 is 0 Å². The van der Waals surface area contributed by atoms with Crippen LogP contribution in [-0.2, 0) is 15.3 Å². The molecule has 7 heteroatoms. The van der Waals surface area contributed by atoms with Crippen molar-refractivity contribution in [1.82, 2.24) is 5.43 Å². The lowest BCUT2D eigenvalue weighted by Crippen LogP contribution is -2.19. The van der Waals surface area contributed by atoms with Crippen molar-refractivity contribution in [3.8, 4) is 0 Å². The molecule has 0 aliphatic rings. The van der Waals surface area contributed by atoms with Gasteiger partial charge in [-0.3, -0.25) is 4.79 Å². The van der Waals surface area contributed by atoms with Gasteiger partial charge in [-0.15, -0.1) is 11.8 Å². The first-order chi connectivity index (χ1) is 12.1. The van der Waals surface area contributed by atoms with E-state index in [1.165, 1.54) is 25.1 Å². The number of nitrogens with one attached hydrogen (secondary N) is 1. The zero-order valence-electron chi connectivity index (χ0n) is 13.6. The van der Waals surface area contributed by atoms with Gasteiger partial charge < -0.3 is 4.74 Å². The molecule has 1 N–H and O–H groups in total. The SMILES string of the molecule is COC(=O)c1ccc(C=NNC(=O)CSCc2ccccc2Br)cc1. The van der Waals surface area contributed by atoms with Gasteiger partial charge in [0.05, 0.1) is 24.6 Å². The summed E-state index contributed by atoms with van der Waals surface area (Å²) in [5.74, 6) is 0.506. The van der Waals surface area contributed by atoms with E-state index in [0.29, 0.717) is 11.3 Å². The summed E-state index contributed by atoms with van der Waals surface area (Å²) < 4.78 is 5.67. The molecule has 5 nitrogen and oxygen atoms in total. The Balaban J connectivity index is 1.75. The largest absolute Gasteiger partial charge is 0.465 e. The van der Waals surface area contributed by atoms with E-state index < -0.39 is 0 Å². The third-order valence-electron chi connectivity index (χ3n) is 3.18. The number of hydrazone groups is 1. The minimum Gasteiger partial charge on any atom is -0.465 e. The smallest absolute Gasteiger partial charge is 0.337 e. The van der Waals surface area contributed by atoms with Crippen molar-refractivity contribution >= 4 is 45.8 Å².